The molecule has 0 fully saturated rings. The second-order valence-corrected chi connectivity index (χ2v) is 7.47. The number of carbonyl (C=O) groups excluding carboxylic acids is 2. The number of Topliss-reactive ketones (excluding diaryl/α,β-unsaturated/α-hetero) is 1. The lowest BCUT2D eigenvalue weighted by Gasteiger charge is -2.23. The molecule has 1 atom stereocenters. The Morgan fingerprint density at radius 2 is 1.87 bits per heavy atom. The largest absolute Gasteiger partial charge is 0.310 e. The summed E-state index contributed by atoms with van der Waals surface area (Å²) in [5, 5.41) is 9.33. The minimum absolute atomic E-state index is 0.0499. The van der Waals surface area contributed by atoms with Crippen LogP contribution in [0.3, 0.4) is 0 Å². The lowest BCUT2D eigenvalue weighted by Crippen LogP contribution is -2.28. The molecule has 6 heteroatoms. The van der Waals surface area contributed by atoms with Crippen molar-refractivity contribution in [2.75, 3.05) is 5.32 Å². The van der Waals surface area contributed by atoms with Gasteiger partial charge in [-0.2, -0.15) is 5.10 Å². The lowest BCUT2D eigenvalue weighted by atomic mass is 9.85. The highest BCUT2D eigenvalue weighted by Crippen LogP contribution is 2.38. The summed E-state index contributed by atoms with van der Waals surface area (Å²) in [6, 6.07) is 19.4. The van der Waals surface area contributed by atoms with Crippen molar-refractivity contribution in [3.63, 3.8) is 0 Å². The molecular weight excluding hydrogens is 381 g/mol. The Hall–Kier alpha value is -3.80. The molecule has 0 spiro atoms. The zero-order valence-corrected chi connectivity index (χ0v) is 16.2. The number of rotatable bonds is 3. The fraction of sp³-hybridized carbons (Fsp3) is 0.125. The van der Waals surface area contributed by atoms with Gasteiger partial charge in [-0.25, -0.2) is 9.07 Å². The summed E-state index contributed by atoms with van der Waals surface area (Å²) in [5.41, 5.74) is 2.35. The molecule has 0 saturated heterocycles. The van der Waals surface area contributed by atoms with E-state index in [0.29, 0.717) is 28.3 Å². The number of nitrogens with one attached hydrogen (secondary N) is 1. The topological polar surface area (TPSA) is 64.0 Å². The van der Waals surface area contributed by atoms with Crippen molar-refractivity contribution in [1.29, 1.82) is 0 Å². The molecule has 1 aromatic heterocycles. The van der Waals surface area contributed by atoms with Gasteiger partial charge >= 0.3 is 0 Å². The maximum Gasteiger partial charge on any atom is 0.226 e. The summed E-state index contributed by atoms with van der Waals surface area (Å²) in [4.78, 5) is 25.9. The molecule has 2 heterocycles. The molecule has 0 bridgehead atoms. The van der Waals surface area contributed by atoms with Crippen LogP contribution >= 0.6 is 0 Å². The fourth-order valence-electron chi connectivity index (χ4n) is 4.11. The quantitative estimate of drug-likeness (QED) is 0.504. The second kappa shape index (κ2) is 6.91. The molecule has 5 nitrogen and oxygen atoms in total. The van der Waals surface area contributed by atoms with Gasteiger partial charge in [0.1, 0.15) is 11.6 Å². The number of ketones is 1. The van der Waals surface area contributed by atoms with Gasteiger partial charge in [0.2, 0.25) is 5.91 Å². The van der Waals surface area contributed by atoms with Crippen LogP contribution in [0.4, 0.5) is 10.2 Å². The van der Waals surface area contributed by atoms with Gasteiger partial charge in [0.15, 0.2) is 5.78 Å². The van der Waals surface area contributed by atoms with E-state index in [1.54, 1.807) is 25.1 Å². The number of aromatic nitrogens is 2. The third kappa shape index (κ3) is 2.97. The van der Waals surface area contributed by atoms with Crippen LogP contribution in [-0.4, -0.2) is 21.5 Å². The summed E-state index contributed by atoms with van der Waals surface area (Å²) in [6.07, 6.45) is 0.0499. The second-order valence-electron chi connectivity index (χ2n) is 7.47. The SMILES string of the molecule is Cc1nn(-c2cccc(F)c2)c2c1[C@H](C(=O)c1ccc3ccccc3c1)CC(=O)N2. The zero-order valence-electron chi connectivity index (χ0n) is 16.2. The Kier molecular flexibility index (Phi) is 4.20. The molecule has 30 heavy (non-hydrogen) atoms. The summed E-state index contributed by atoms with van der Waals surface area (Å²) in [6.45, 7) is 1.80. The third-order valence-corrected chi connectivity index (χ3v) is 5.51. The van der Waals surface area contributed by atoms with Crippen LogP contribution < -0.4 is 5.32 Å². The first-order chi connectivity index (χ1) is 14.5. The number of aryl methyl sites for hydroxylation is 1. The fourth-order valence-corrected chi connectivity index (χ4v) is 4.11. The van der Waals surface area contributed by atoms with E-state index in [9.17, 15) is 14.0 Å². The maximum atomic E-state index is 13.7. The highest BCUT2D eigenvalue weighted by Gasteiger charge is 2.36. The number of halogens is 1. The third-order valence-electron chi connectivity index (χ3n) is 5.51. The summed E-state index contributed by atoms with van der Waals surface area (Å²) >= 11 is 0. The van der Waals surface area contributed by atoms with Gasteiger partial charge in [-0.05, 0) is 42.0 Å². The first kappa shape index (κ1) is 18.2. The van der Waals surface area contributed by atoms with Crippen LogP contribution in [0.5, 0.6) is 0 Å². The molecule has 5 rings (SSSR count). The Bertz CT molecular complexity index is 1330. The van der Waals surface area contributed by atoms with Crippen LogP contribution in [-0.2, 0) is 4.79 Å². The van der Waals surface area contributed by atoms with E-state index in [1.165, 1.54) is 16.8 Å². The van der Waals surface area contributed by atoms with E-state index in [1.807, 2.05) is 36.4 Å². The Morgan fingerprint density at radius 3 is 2.67 bits per heavy atom. The molecule has 1 N–H and O–H groups in total. The van der Waals surface area contributed by atoms with Crippen molar-refractivity contribution < 1.29 is 14.0 Å². The number of fused-ring (bicyclic) bond motifs is 2. The Labute approximate surface area is 172 Å². The predicted octanol–water partition coefficient (Wildman–Crippen LogP) is 4.78. The van der Waals surface area contributed by atoms with Gasteiger partial charge in [0.05, 0.1) is 17.3 Å². The highest BCUT2D eigenvalue weighted by atomic mass is 19.1. The molecule has 1 aliphatic rings. The highest BCUT2D eigenvalue weighted by molar-refractivity contribution is 6.09. The van der Waals surface area contributed by atoms with Crippen molar-refractivity contribution in [2.24, 2.45) is 0 Å². The van der Waals surface area contributed by atoms with E-state index in [2.05, 4.69) is 10.4 Å². The lowest BCUT2D eigenvalue weighted by molar-refractivity contribution is -0.116. The normalized spacial score (nSPS) is 15.7. The molecule has 1 amide bonds. The van der Waals surface area contributed by atoms with E-state index in [-0.39, 0.29) is 18.1 Å². The predicted molar refractivity (Wildman–Crippen MR) is 113 cm³/mol. The first-order valence-electron chi connectivity index (χ1n) is 9.69. The maximum absolute atomic E-state index is 13.7. The summed E-state index contributed by atoms with van der Waals surface area (Å²) < 4.78 is 15.2. The van der Waals surface area contributed by atoms with Crippen LogP contribution in [0.1, 0.15) is 34.0 Å². The Balaban J connectivity index is 1.61. The van der Waals surface area contributed by atoms with Gasteiger partial charge in [-0.3, -0.25) is 9.59 Å². The van der Waals surface area contributed by atoms with E-state index in [4.69, 9.17) is 0 Å². The summed E-state index contributed by atoms with van der Waals surface area (Å²) in [7, 11) is 0. The van der Waals surface area contributed by atoms with Gasteiger partial charge in [0.25, 0.3) is 0 Å². The smallest absolute Gasteiger partial charge is 0.226 e. The van der Waals surface area contributed by atoms with Gasteiger partial charge in [0, 0.05) is 17.5 Å². The van der Waals surface area contributed by atoms with E-state index >= 15 is 0 Å². The van der Waals surface area contributed by atoms with Crippen molar-refractivity contribution in [1.82, 2.24) is 9.78 Å². The molecule has 0 unspecified atom stereocenters. The van der Waals surface area contributed by atoms with Gasteiger partial charge < -0.3 is 5.32 Å². The van der Waals surface area contributed by atoms with Crippen molar-refractivity contribution in [2.45, 2.75) is 19.3 Å². The number of benzene rings is 3. The molecule has 1 aliphatic heterocycles. The van der Waals surface area contributed by atoms with Crippen LogP contribution in [0.25, 0.3) is 16.5 Å². The van der Waals surface area contributed by atoms with Gasteiger partial charge in [-0.15, -0.1) is 0 Å². The number of anilines is 1. The molecule has 3 aromatic carbocycles. The van der Waals surface area contributed by atoms with E-state index < -0.39 is 11.7 Å². The average Bonchev–Trinajstić information content (AvgIpc) is 3.08. The van der Waals surface area contributed by atoms with E-state index in [0.717, 1.165) is 10.8 Å². The molecular formula is C24H18FN3O2. The number of nitrogens with zero attached hydrogens (tertiary/aromatic N) is 2. The number of amides is 1. The monoisotopic (exact) mass is 399 g/mol. The first-order valence-corrected chi connectivity index (χ1v) is 9.69. The van der Waals surface area contributed by atoms with Crippen molar-refractivity contribution in [3.05, 3.63) is 89.4 Å². The number of carbonyl (C=O) groups is 2. The molecule has 0 radical (unpaired) electrons. The minimum Gasteiger partial charge on any atom is -0.310 e. The molecule has 0 aliphatic carbocycles. The van der Waals surface area contributed by atoms with Crippen LogP contribution in [0.2, 0.25) is 0 Å². The van der Waals surface area contributed by atoms with Gasteiger partial charge in [-0.1, -0.05) is 42.5 Å². The van der Waals surface area contributed by atoms with Crippen molar-refractivity contribution in [3.8, 4) is 5.69 Å². The minimum atomic E-state index is -0.641. The average molecular weight is 399 g/mol. The van der Waals surface area contributed by atoms with Crippen LogP contribution in [0, 0.1) is 12.7 Å². The Morgan fingerprint density at radius 1 is 1.07 bits per heavy atom. The summed E-state index contributed by atoms with van der Waals surface area (Å²) in [5.74, 6) is -1.01. The zero-order chi connectivity index (χ0) is 20.8. The standard InChI is InChI=1S/C24H18FN3O2/c1-14-22-20(23(30)17-10-9-15-5-2-3-6-16(15)11-17)13-21(29)26-24(22)28(27-14)19-8-4-7-18(25)12-19/h2-12,20H,13H2,1H3,(H,26,29)/t20-/m1/s1. The molecule has 148 valence electrons. The number of hydrogen-bond donors (Lipinski definition) is 1. The molecule has 0 saturated carbocycles. The molecule has 4 aromatic rings. The van der Waals surface area contributed by atoms with Crippen molar-refractivity contribution >= 4 is 28.3 Å². The number of hydrogen-bond acceptors (Lipinski definition) is 3. The van der Waals surface area contributed by atoms with Crippen LogP contribution in [0.15, 0.2) is 66.7 Å².